The summed E-state index contributed by atoms with van der Waals surface area (Å²) in [6.45, 7) is 1.29. The van der Waals surface area contributed by atoms with Crippen molar-refractivity contribution in [2.24, 2.45) is 0 Å². The molecule has 8 heteroatoms. The molecule has 3 rings (SSSR count). The molecule has 22 heavy (non-hydrogen) atoms. The van der Waals surface area contributed by atoms with Crippen LogP contribution >= 0.6 is 11.3 Å². The van der Waals surface area contributed by atoms with E-state index in [0.29, 0.717) is 12.3 Å². The number of aromatic nitrogens is 3. The van der Waals surface area contributed by atoms with Crippen LogP contribution < -0.4 is 10.1 Å². The van der Waals surface area contributed by atoms with Crippen LogP contribution in [0.5, 0.6) is 5.88 Å². The van der Waals surface area contributed by atoms with E-state index in [1.165, 1.54) is 11.3 Å². The molecule has 7 nitrogen and oxygen atoms in total. The summed E-state index contributed by atoms with van der Waals surface area (Å²) in [6.07, 6.45) is 5.57. The molecule has 0 saturated carbocycles. The van der Waals surface area contributed by atoms with Gasteiger partial charge >= 0.3 is 6.09 Å². The van der Waals surface area contributed by atoms with Crippen LogP contribution in [0.4, 0.5) is 4.79 Å². The van der Waals surface area contributed by atoms with Gasteiger partial charge in [-0.2, -0.15) is 0 Å². The Morgan fingerprint density at radius 2 is 2.45 bits per heavy atom. The maximum Gasteiger partial charge on any atom is 0.414 e. The van der Waals surface area contributed by atoms with E-state index in [2.05, 4.69) is 15.5 Å². The number of nitrogens with zero attached hydrogens (tertiary/aromatic N) is 3. The zero-order valence-electron chi connectivity index (χ0n) is 11.6. The van der Waals surface area contributed by atoms with Crippen LogP contribution in [0, 0.1) is 0 Å². The topological polar surface area (TPSA) is 82.2 Å². The number of imidazole rings is 1. The van der Waals surface area contributed by atoms with Gasteiger partial charge < -0.3 is 19.1 Å². The number of carbonyl (C=O) groups excluding carboxylic acids is 1. The van der Waals surface area contributed by atoms with Crippen LogP contribution in [0.2, 0.25) is 0 Å². The van der Waals surface area contributed by atoms with Crippen LogP contribution in [0.1, 0.15) is 6.42 Å². The van der Waals surface area contributed by atoms with Crippen molar-refractivity contribution in [1.29, 1.82) is 0 Å². The summed E-state index contributed by atoms with van der Waals surface area (Å²) >= 11 is 1.53. The number of aryl methyl sites for hydroxylation is 1. The SMILES string of the molecule is O=C(NCCCn1ccnc1)Oc1cc(-c2cccs2)on1. The second-order valence-corrected chi connectivity index (χ2v) is 5.42. The Morgan fingerprint density at radius 1 is 1.50 bits per heavy atom. The lowest BCUT2D eigenvalue weighted by Crippen LogP contribution is -2.28. The van der Waals surface area contributed by atoms with Gasteiger partial charge in [-0.3, -0.25) is 0 Å². The van der Waals surface area contributed by atoms with E-state index >= 15 is 0 Å². The summed E-state index contributed by atoms with van der Waals surface area (Å²) in [7, 11) is 0. The highest BCUT2D eigenvalue weighted by molar-refractivity contribution is 7.13. The highest BCUT2D eigenvalue weighted by Crippen LogP contribution is 2.27. The maximum atomic E-state index is 11.6. The predicted molar refractivity (Wildman–Crippen MR) is 80.7 cm³/mol. The summed E-state index contributed by atoms with van der Waals surface area (Å²) in [6, 6.07) is 5.41. The fourth-order valence-electron chi connectivity index (χ4n) is 1.84. The van der Waals surface area contributed by atoms with Crippen molar-refractivity contribution in [3.05, 3.63) is 42.3 Å². The number of amides is 1. The molecule has 114 valence electrons. The third-order valence-corrected chi connectivity index (χ3v) is 3.76. The Bertz CT molecular complexity index is 706. The van der Waals surface area contributed by atoms with Crippen LogP contribution in [0.25, 0.3) is 10.6 Å². The van der Waals surface area contributed by atoms with Gasteiger partial charge in [0.15, 0.2) is 5.76 Å². The summed E-state index contributed by atoms with van der Waals surface area (Å²) in [5.74, 6) is 0.730. The first-order chi connectivity index (χ1) is 10.8. The molecule has 0 unspecified atom stereocenters. The molecular weight excluding hydrogens is 304 g/mol. The largest absolute Gasteiger partial charge is 0.414 e. The molecule has 0 aliphatic heterocycles. The zero-order valence-corrected chi connectivity index (χ0v) is 12.5. The first kappa shape index (κ1) is 14.3. The van der Waals surface area contributed by atoms with Gasteiger partial charge in [0.1, 0.15) is 0 Å². The Kier molecular flexibility index (Phi) is 4.50. The fraction of sp³-hybridized carbons (Fsp3) is 0.214. The minimum atomic E-state index is -0.545. The average Bonchev–Trinajstić information content (AvgIpc) is 3.24. The molecule has 3 aromatic rings. The van der Waals surface area contributed by atoms with Crippen LogP contribution in [0.3, 0.4) is 0 Å². The van der Waals surface area contributed by atoms with Crippen molar-refractivity contribution in [3.63, 3.8) is 0 Å². The molecule has 0 aromatic carbocycles. The van der Waals surface area contributed by atoms with Crippen molar-refractivity contribution in [2.75, 3.05) is 6.54 Å². The molecule has 1 N–H and O–H groups in total. The molecule has 0 atom stereocenters. The number of hydrogen-bond acceptors (Lipinski definition) is 6. The first-order valence-corrected chi connectivity index (χ1v) is 7.61. The number of carbonyl (C=O) groups is 1. The Balaban J connectivity index is 1.42. The average molecular weight is 318 g/mol. The number of hydrogen-bond donors (Lipinski definition) is 1. The van der Waals surface area contributed by atoms with Crippen molar-refractivity contribution in [1.82, 2.24) is 20.0 Å². The van der Waals surface area contributed by atoms with Gasteiger partial charge in [0.2, 0.25) is 0 Å². The lowest BCUT2D eigenvalue weighted by molar-refractivity contribution is 0.195. The van der Waals surface area contributed by atoms with E-state index in [4.69, 9.17) is 9.26 Å². The van der Waals surface area contributed by atoms with E-state index in [0.717, 1.165) is 17.8 Å². The van der Waals surface area contributed by atoms with Crippen molar-refractivity contribution in [2.45, 2.75) is 13.0 Å². The summed E-state index contributed by atoms with van der Waals surface area (Å²) in [5, 5.41) is 8.32. The molecule has 0 saturated heterocycles. The highest BCUT2D eigenvalue weighted by atomic mass is 32.1. The zero-order chi connectivity index (χ0) is 15.2. The van der Waals surface area contributed by atoms with E-state index in [-0.39, 0.29) is 5.88 Å². The summed E-state index contributed by atoms with van der Waals surface area (Å²) < 4.78 is 12.1. The van der Waals surface area contributed by atoms with E-state index in [1.807, 2.05) is 28.3 Å². The van der Waals surface area contributed by atoms with E-state index in [1.54, 1.807) is 18.6 Å². The second kappa shape index (κ2) is 6.90. The van der Waals surface area contributed by atoms with Gasteiger partial charge in [-0.25, -0.2) is 9.78 Å². The fourth-order valence-corrected chi connectivity index (χ4v) is 2.52. The maximum absolute atomic E-state index is 11.6. The molecule has 0 radical (unpaired) electrons. The Hall–Kier alpha value is -2.61. The molecule has 0 spiro atoms. The van der Waals surface area contributed by atoms with Crippen LogP contribution in [0.15, 0.2) is 46.8 Å². The monoisotopic (exact) mass is 318 g/mol. The number of ether oxygens (including phenoxy) is 1. The van der Waals surface area contributed by atoms with Crippen molar-refractivity contribution < 1.29 is 14.1 Å². The highest BCUT2D eigenvalue weighted by Gasteiger charge is 2.11. The molecule has 0 bridgehead atoms. The number of thiophene rings is 1. The molecule has 0 aliphatic rings. The van der Waals surface area contributed by atoms with Crippen molar-refractivity contribution >= 4 is 17.4 Å². The van der Waals surface area contributed by atoms with E-state index < -0.39 is 6.09 Å². The summed E-state index contributed by atoms with van der Waals surface area (Å²) in [4.78, 5) is 16.5. The smallest absolute Gasteiger partial charge is 0.388 e. The Labute approximate surface area is 130 Å². The summed E-state index contributed by atoms with van der Waals surface area (Å²) in [5.41, 5.74) is 0. The third kappa shape index (κ3) is 3.73. The Morgan fingerprint density at radius 3 is 3.23 bits per heavy atom. The van der Waals surface area contributed by atoms with E-state index in [9.17, 15) is 4.79 Å². The van der Waals surface area contributed by atoms with Crippen molar-refractivity contribution in [3.8, 4) is 16.5 Å². The van der Waals surface area contributed by atoms with Gasteiger partial charge in [0.05, 0.1) is 17.3 Å². The predicted octanol–water partition coefficient (Wildman–Crippen LogP) is 2.78. The molecule has 1 amide bonds. The lowest BCUT2D eigenvalue weighted by Gasteiger charge is -2.04. The van der Waals surface area contributed by atoms with Crippen LogP contribution in [-0.2, 0) is 6.54 Å². The molecule has 0 fully saturated rings. The third-order valence-electron chi connectivity index (χ3n) is 2.87. The quantitative estimate of drug-likeness (QED) is 0.707. The van der Waals surface area contributed by atoms with Gasteiger partial charge in [-0.05, 0) is 23.0 Å². The molecular formula is C14H14N4O3S. The van der Waals surface area contributed by atoms with Gasteiger partial charge in [-0.15, -0.1) is 11.3 Å². The lowest BCUT2D eigenvalue weighted by atomic mass is 10.4. The second-order valence-electron chi connectivity index (χ2n) is 4.48. The minimum Gasteiger partial charge on any atom is -0.388 e. The van der Waals surface area contributed by atoms with Gasteiger partial charge in [0.25, 0.3) is 5.88 Å². The number of rotatable bonds is 6. The first-order valence-electron chi connectivity index (χ1n) is 6.73. The standard InChI is InChI=1S/C14H14N4O3S/c19-14(16-4-2-6-18-7-5-15-10-18)20-13-9-11(21-17-13)12-3-1-8-22-12/h1,3,5,7-10H,2,4,6H2,(H,16,19). The molecule has 0 aliphatic carbocycles. The van der Waals surface area contributed by atoms with Crippen LogP contribution in [-0.4, -0.2) is 27.3 Å². The molecule has 3 heterocycles. The minimum absolute atomic E-state index is 0.149. The van der Waals surface area contributed by atoms with Gasteiger partial charge in [-0.1, -0.05) is 6.07 Å². The number of nitrogens with one attached hydrogen (secondary N) is 1. The normalized spacial score (nSPS) is 10.5. The molecule has 3 aromatic heterocycles. The van der Waals surface area contributed by atoms with Gasteiger partial charge in [0, 0.05) is 25.5 Å².